The van der Waals surface area contributed by atoms with E-state index in [0.29, 0.717) is 5.92 Å². The van der Waals surface area contributed by atoms with E-state index in [0.717, 1.165) is 11.5 Å². The summed E-state index contributed by atoms with van der Waals surface area (Å²) in [6.07, 6.45) is 6.38. The van der Waals surface area contributed by atoms with Crippen molar-refractivity contribution in [2.45, 2.75) is 19.0 Å². The smallest absolute Gasteiger partial charge is 0.127 e. The van der Waals surface area contributed by atoms with Gasteiger partial charge in [-0.2, -0.15) is 0 Å². The SMILES string of the molecule is C=CC(Oc1ccccc1)=C(C1C=Cc2ccccc21)[SiH](C)C.[Ti]. The van der Waals surface area contributed by atoms with Crippen LogP contribution in [0.1, 0.15) is 17.0 Å². The zero-order chi connectivity index (χ0) is 16.2. The van der Waals surface area contributed by atoms with Gasteiger partial charge in [0.25, 0.3) is 0 Å². The van der Waals surface area contributed by atoms with Gasteiger partial charge in [-0.15, -0.1) is 0 Å². The molecule has 1 nitrogen and oxygen atoms in total. The van der Waals surface area contributed by atoms with Crippen molar-refractivity contribution >= 4 is 14.9 Å². The topological polar surface area (TPSA) is 9.23 Å². The predicted octanol–water partition coefficient (Wildman–Crippen LogP) is 5.34. The normalized spacial score (nSPS) is 16.2. The number of ether oxygens (including phenoxy) is 1. The van der Waals surface area contributed by atoms with Crippen molar-refractivity contribution in [3.63, 3.8) is 0 Å². The van der Waals surface area contributed by atoms with Crippen LogP contribution in [0, 0.1) is 0 Å². The molecule has 0 radical (unpaired) electrons. The van der Waals surface area contributed by atoms with Gasteiger partial charge in [0.05, 0.1) is 8.80 Å². The number of allylic oxidation sites excluding steroid dienone is 3. The molecule has 0 aliphatic heterocycles. The van der Waals surface area contributed by atoms with Gasteiger partial charge in [0.1, 0.15) is 11.5 Å². The fourth-order valence-corrected chi connectivity index (χ4v) is 4.91. The van der Waals surface area contributed by atoms with Crippen molar-refractivity contribution in [2.24, 2.45) is 0 Å². The molecule has 1 aliphatic rings. The molecule has 0 fully saturated rings. The Kier molecular flexibility index (Phi) is 6.61. The molecule has 2 aromatic carbocycles. The summed E-state index contributed by atoms with van der Waals surface area (Å²) in [6, 6.07) is 18.6. The third-order valence-electron chi connectivity index (χ3n) is 4.20. The molecule has 0 saturated heterocycles. The third-order valence-corrected chi connectivity index (χ3v) is 6.08. The number of fused-ring (bicyclic) bond motifs is 1. The van der Waals surface area contributed by atoms with E-state index in [2.05, 4.69) is 56.1 Å². The van der Waals surface area contributed by atoms with Gasteiger partial charge in [-0.05, 0) is 34.5 Å². The second-order valence-electron chi connectivity index (χ2n) is 6.06. The van der Waals surface area contributed by atoms with E-state index in [-0.39, 0.29) is 21.7 Å². The third kappa shape index (κ3) is 3.89. The Hall–Kier alpha value is -1.61. The van der Waals surface area contributed by atoms with Gasteiger partial charge in [0, 0.05) is 27.6 Å². The molecule has 1 unspecified atom stereocenters. The summed E-state index contributed by atoms with van der Waals surface area (Å²) in [5, 5.41) is 1.41. The average molecular weight is 366 g/mol. The number of para-hydroxylation sites is 1. The van der Waals surface area contributed by atoms with Gasteiger partial charge in [-0.3, -0.25) is 0 Å². The van der Waals surface area contributed by atoms with Crippen LogP contribution in [0.25, 0.3) is 6.08 Å². The molecule has 2 aromatic rings. The summed E-state index contributed by atoms with van der Waals surface area (Å²) in [5.41, 5.74) is 2.69. The first-order valence-corrected chi connectivity index (χ1v) is 11.0. The van der Waals surface area contributed by atoms with Gasteiger partial charge in [0.15, 0.2) is 0 Å². The van der Waals surface area contributed by atoms with E-state index in [1.165, 1.54) is 16.3 Å². The Labute approximate surface area is 161 Å². The van der Waals surface area contributed by atoms with Gasteiger partial charge in [0.2, 0.25) is 0 Å². The monoisotopic (exact) mass is 366 g/mol. The first kappa shape index (κ1) is 18.7. The first-order chi connectivity index (χ1) is 11.2. The largest absolute Gasteiger partial charge is 0.458 e. The van der Waals surface area contributed by atoms with E-state index >= 15 is 0 Å². The van der Waals surface area contributed by atoms with Crippen LogP contribution in [0.3, 0.4) is 0 Å². The fraction of sp³-hybridized carbons (Fsp3) is 0.143. The Morgan fingerprint density at radius 1 is 1.04 bits per heavy atom. The zero-order valence-corrected chi connectivity index (χ0v) is 16.9. The number of benzene rings is 2. The minimum Gasteiger partial charge on any atom is -0.458 e. The molecular weight excluding hydrogens is 344 g/mol. The van der Waals surface area contributed by atoms with E-state index in [4.69, 9.17) is 4.74 Å². The molecule has 3 rings (SSSR count). The average Bonchev–Trinajstić information content (AvgIpc) is 2.99. The molecule has 120 valence electrons. The van der Waals surface area contributed by atoms with Crippen molar-refractivity contribution < 1.29 is 26.5 Å². The van der Waals surface area contributed by atoms with E-state index in [1.807, 2.05) is 36.4 Å². The van der Waals surface area contributed by atoms with Crippen LogP contribution in [-0.2, 0) is 21.7 Å². The summed E-state index contributed by atoms with van der Waals surface area (Å²) in [4.78, 5) is 0. The fourth-order valence-electron chi connectivity index (χ4n) is 3.15. The Morgan fingerprint density at radius 3 is 2.38 bits per heavy atom. The minimum absolute atomic E-state index is 0. The Morgan fingerprint density at radius 2 is 1.71 bits per heavy atom. The number of hydrogen-bond acceptors (Lipinski definition) is 1. The molecule has 0 saturated carbocycles. The summed E-state index contributed by atoms with van der Waals surface area (Å²) in [6.45, 7) is 8.70. The quantitative estimate of drug-likeness (QED) is 0.394. The van der Waals surface area contributed by atoms with E-state index in [9.17, 15) is 0 Å². The van der Waals surface area contributed by atoms with Crippen molar-refractivity contribution in [1.82, 2.24) is 0 Å². The van der Waals surface area contributed by atoms with Gasteiger partial charge in [-0.1, -0.05) is 74.3 Å². The second kappa shape index (κ2) is 8.48. The molecule has 24 heavy (non-hydrogen) atoms. The summed E-state index contributed by atoms with van der Waals surface area (Å²) >= 11 is 0. The molecule has 0 spiro atoms. The maximum atomic E-state index is 6.18. The van der Waals surface area contributed by atoms with Crippen LogP contribution in [-0.4, -0.2) is 8.80 Å². The van der Waals surface area contributed by atoms with Crippen LogP contribution in [0.4, 0.5) is 0 Å². The van der Waals surface area contributed by atoms with Crippen molar-refractivity contribution in [1.29, 1.82) is 0 Å². The van der Waals surface area contributed by atoms with Crippen molar-refractivity contribution in [3.05, 3.63) is 95.4 Å². The van der Waals surface area contributed by atoms with E-state index < -0.39 is 8.80 Å². The van der Waals surface area contributed by atoms with Crippen LogP contribution < -0.4 is 4.74 Å². The zero-order valence-electron chi connectivity index (χ0n) is 14.2. The predicted molar refractivity (Wildman–Crippen MR) is 101 cm³/mol. The summed E-state index contributed by atoms with van der Waals surface area (Å²) < 4.78 is 6.18. The molecular formula is C21H22OSiTi. The molecule has 0 N–H and O–H groups in total. The molecule has 0 bridgehead atoms. The molecule has 1 aliphatic carbocycles. The maximum absolute atomic E-state index is 6.18. The molecule has 3 heteroatoms. The second-order valence-corrected chi connectivity index (χ2v) is 8.99. The molecule has 0 heterocycles. The number of hydrogen-bond donors (Lipinski definition) is 0. The van der Waals surface area contributed by atoms with Crippen LogP contribution >= 0.6 is 0 Å². The Balaban J connectivity index is 0.00000208. The standard InChI is InChI=1S/C21H22OSi.Ti/c1-4-20(22-17-11-6-5-7-12-17)21(23(2)3)19-15-14-16-10-8-9-13-18(16)19;/h4-15,19,23H,1H2,2-3H3;. The van der Waals surface area contributed by atoms with Crippen molar-refractivity contribution in [3.8, 4) is 5.75 Å². The molecule has 0 aromatic heterocycles. The first-order valence-electron chi connectivity index (χ1n) is 8.07. The summed E-state index contributed by atoms with van der Waals surface area (Å²) in [5.74, 6) is 2.10. The van der Waals surface area contributed by atoms with Crippen LogP contribution in [0.2, 0.25) is 13.1 Å². The van der Waals surface area contributed by atoms with E-state index in [1.54, 1.807) is 0 Å². The van der Waals surface area contributed by atoms with Crippen LogP contribution in [0.15, 0.2) is 84.3 Å². The Bertz CT molecular complexity index is 762. The van der Waals surface area contributed by atoms with Gasteiger partial charge >= 0.3 is 0 Å². The minimum atomic E-state index is -1.08. The van der Waals surface area contributed by atoms with Crippen molar-refractivity contribution in [2.75, 3.05) is 0 Å². The molecule has 0 amide bonds. The maximum Gasteiger partial charge on any atom is 0.127 e. The van der Waals surface area contributed by atoms with Gasteiger partial charge < -0.3 is 4.74 Å². The summed E-state index contributed by atoms with van der Waals surface area (Å²) in [7, 11) is -1.08. The molecule has 1 atom stereocenters. The van der Waals surface area contributed by atoms with Gasteiger partial charge in [-0.25, -0.2) is 0 Å². The van der Waals surface area contributed by atoms with Crippen LogP contribution in [0.5, 0.6) is 5.75 Å². The number of rotatable bonds is 5.